The monoisotopic (exact) mass is 462 g/mol. The molecule has 2 bridgehead atoms. The number of hydrogen-bond donors (Lipinski definition) is 2. The smallest absolute Gasteiger partial charge is 0.407 e. The molecule has 3 fully saturated rings. The van der Waals surface area contributed by atoms with Gasteiger partial charge in [0.25, 0.3) is 0 Å². The molecule has 1 saturated carbocycles. The number of carboxylic acids is 1. The Hall–Kier alpha value is -3.35. The maximum absolute atomic E-state index is 13.3. The summed E-state index contributed by atoms with van der Waals surface area (Å²) in [6.45, 7) is 4.60. The van der Waals surface area contributed by atoms with Crippen LogP contribution in [0.25, 0.3) is 11.1 Å². The first kappa shape index (κ1) is 22.4. The molecule has 4 atom stereocenters. The molecule has 2 aliphatic carbocycles. The number of nitrogens with one attached hydrogen (secondary N) is 1. The minimum absolute atomic E-state index is 0.0144. The van der Waals surface area contributed by atoms with Crippen LogP contribution in [0.5, 0.6) is 0 Å². The van der Waals surface area contributed by atoms with Gasteiger partial charge in [0.2, 0.25) is 5.91 Å². The van der Waals surface area contributed by atoms with Gasteiger partial charge in [0, 0.05) is 18.5 Å². The van der Waals surface area contributed by atoms with E-state index in [-0.39, 0.29) is 36.3 Å². The van der Waals surface area contributed by atoms with Gasteiger partial charge in [-0.15, -0.1) is 0 Å². The van der Waals surface area contributed by atoms with Gasteiger partial charge in [0.1, 0.15) is 12.6 Å². The van der Waals surface area contributed by atoms with E-state index in [4.69, 9.17) is 4.74 Å². The van der Waals surface area contributed by atoms with Crippen LogP contribution in [0.15, 0.2) is 48.5 Å². The Bertz CT molecular complexity index is 1080. The molecule has 7 heteroatoms. The van der Waals surface area contributed by atoms with E-state index >= 15 is 0 Å². The lowest BCUT2D eigenvalue weighted by Gasteiger charge is -2.34. The second kappa shape index (κ2) is 8.78. The van der Waals surface area contributed by atoms with Gasteiger partial charge in [-0.05, 0) is 46.9 Å². The van der Waals surface area contributed by atoms with Crippen molar-refractivity contribution in [1.29, 1.82) is 0 Å². The van der Waals surface area contributed by atoms with Crippen LogP contribution in [-0.2, 0) is 14.3 Å². The summed E-state index contributed by atoms with van der Waals surface area (Å²) in [5, 5.41) is 12.2. The summed E-state index contributed by atoms with van der Waals surface area (Å²) in [7, 11) is 0. The van der Waals surface area contributed by atoms with Gasteiger partial charge >= 0.3 is 12.1 Å². The average Bonchev–Trinajstić information content (AvgIpc) is 3.47. The van der Waals surface area contributed by atoms with Crippen molar-refractivity contribution >= 4 is 18.0 Å². The van der Waals surface area contributed by atoms with Crippen LogP contribution in [0.4, 0.5) is 4.79 Å². The van der Waals surface area contributed by atoms with Crippen molar-refractivity contribution in [3.63, 3.8) is 0 Å². The third-order valence-corrected chi connectivity index (χ3v) is 7.51. The highest BCUT2D eigenvalue weighted by Crippen LogP contribution is 2.47. The second-order valence-corrected chi connectivity index (χ2v) is 10.1. The summed E-state index contributed by atoms with van der Waals surface area (Å²) < 4.78 is 5.65. The van der Waals surface area contributed by atoms with Crippen LogP contribution in [-0.4, -0.2) is 53.2 Å². The maximum atomic E-state index is 13.3. The molecule has 0 spiro atoms. The number of rotatable bonds is 7. The van der Waals surface area contributed by atoms with Crippen molar-refractivity contribution in [2.75, 3.05) is 13.2 Å². The summed E-state index contributed by atoms with van der Waals surface area (Å²) in [5.41, 5.74) is 4.56. The highest BCUT2D eigenvalue weighted by Gasteiger charge is 2.57. The molecule has 3 unspecified atom stereocenters. The summed E-state index contributed by atoms with van der Waals surface area (Å²) in [6.07, 6.45) is 0.568. The van der Waals surface area contributed by atoms with Crippen molar-refractivity contribution in [3.8, 4) is 11.1 Å². The molecule has 178 valence electrons. The molecule has 2 aliphatic heterocycles. The first-order chi connectivity index (χ1) is 16.3. The van der Waals surface area contributed by atoms with Crippen molar-refractivity contribution in [1.82, 2.24) is 10.2 Å². The van der Waals surface area contributed by atoms with Crippen molar-refractivity contribution in [2.45, 2.75) is 44.7 Å². The molecule has 2 aromatic carbocycles. The van der Waals surface area contributed by atoms with Gasteiger partial charge < -0.3 is 20.1 Å². The molecule has 4 aliphatic rings. The van der Waals surface area contributed by atoms with E-state index in [2.05, 4.69) is 29.6 Å². The first-order valence-corrected chi connectivity index (χ1v) is 12.0. The molecule has 34 heavy (non-hydrogen) atoms. The van der Waals surface area contributed by atoms with E-state index in [1.807, 2.05) is 38.1 Å². The number of carbonyl (C=O) groups is 3. The first-order valence-electron chi connectivity index (χ1n) is 12.0. The van der Waals surface area contributed by atoms with Gasteiger partial charge in [-0.1, -0.05) is 62.4 Å². The molecule has 2 aromatic rings. The third kappa shape index (κ3) is 3.83. The van der Waals surface area contributed by atoms with Crippen molar-refractivity contribution in [3.05, 3.63) is 59.7 Å². The van der Waals surface area contributed by atoms with Crippen molar-refractivity contribution < 1.29 is 24.2 Å². The predicted molar refractivity (Wildman–Crippen MR) is 126 cm³/mol. The minimum Gasteiger partial charge on any atom is -0.481 e. The summed E-state index contributed by atoms with van der Waals surface area (Å²) in [5.74, 6) is -1.41. The van der Waals surface area contributed by atoms with Gasteiger partial charge in [-0.3, -0.25) is 9.59 Å². The Balaban J connectivity index is 1.25. The molecule has 2 amide bonds. The lowest BCUT2D eigenvalue weighted by Crippen LogP contribution is -2.52. The molecular weight excluding hydrogens is 432 g/mol. The number of hydrogen-bond acceptors (Lipinski definition) is 4. The number of nitrogens with zero attached hydrogens (tertiary/aromatic N) is 1. The van der Waals surface area contributed by atoms with E-state index < -0.39 is 24.0 Å². The quantitative estimate of drug-likeness (QED) is 0.651. The zero-order valence-electron chi connectivity index (χ0n) is 19.4. The lowest BCUT2D eigenvalue weighted by molar-refractivity contribution is -0.148. The Morgan fingerprint density at radius 3 is 2.24 bits per heavy atom. The van der Waals surface area contributed by atoms with E-state index in [1.165, 1.54) is 0 Å². The highest BCUT2D eigenvalue weighted by atomic mass is 16.5. The molecule has 7 nitrogen and oxygen atoms in total. The van der Waals surface area contributed by atoms with Crippen molar-refractivity contribution in [2.24, 2.45) is 17.8 Å². The maximum Gasteiger partial charge on any atom is 0.407 e. The number of carboxylic acid groups (broad SMARTS) is 1. The van der Waals surface area contributed by atoms with Crippen LogP contribution < -0.4 is 5.32 Å². The Morgan fingerprint density at radius 1 is 1.06 bits per heavy atom. The SMILES string of the molecule is CC(C)C[C@H](NC(=O)OCC1c2ccccc2-c2ccccc21)C(=O)N1CC2CC1C2C(=O)O. The fourth-order valence-electron chi connectivity index (χ4n) is 5.91. The number of benzene rings is 2. The van der Waals surface area contributed by atoms with Gasteiger partial charge in [-0.25, -0.2) is 4.79 Å². The zero-order chi connectivity index (χ0) is 24.0. The minimum atomic E-state index is -0.846. The van der Waals surface area contributed by atoms with E-state index in [1.54, 1.807) is 4.90 Å². The van der Waals surface area contributed by atoms with E-state index in [0.29, 0.717) is 13.0 Å². The normalized spacial score (nSPS) is 23.1. The van der Waals surface area contributed by atoms with E-state index in [0.717, 1.165) is 28.7 Å². The molecule has 2 heterocycles. The number of fused-ring (bicyclic) bond motifs is 4. The Kier molecular flexibility index (Phi) is 5.80. The molecule has 2 N–H and O–H groups in total. The molecule has 0 radical (unpaired) electrons. The fourth-order valence-corrected chi connectivity index (χ4v) is 5.91. The van der Waals surface area contributed by atoms with Gasteiger partial charge in [0.15, 0.2) is 0 Å². The average molecular weight is 463 g/mol. The second-order valence-electron chi connectivity index (χ2n) is 10.1. The Labute approximate surface area is 199 Å². The number of aliphatic carboxylic acids is 1. The summed E-state index contributed by atoms with van der Waals surface area (Å²) in [4.78, 5) is 39.2. The third-order valence-electron chi connectivity index (χ3n) is 7.51. The summed E-state index contributed by atoms with van der Waals surface area (Å²) in [6, 6.07) is 15.3. The van der Waals surface area contributed by atoms with Crippen LogP contribution in [0, 0.1) is 17.8 Å². The molecular formula is C27H30N2O5. The lowest BCUT2D eigenvalue weighted by atomic mass is 9.74. The standard InChI is InChI=1S/C27H30N2O5/c1-15(2)11-22(25(30)29-13-16-12-23(29)24(16)26(31)32)28-27(33)34-14-21-19-9-5-3-7-17(19)18-8-4-6-10-20(18)21/h3-10,15-16,21-24H,11-14H2,1-2H3,(H,28,33)(H,31,32)/t16?,22-,23?,24?/m0/s1. The number of carbonyl (C=O) groups excluding carboxylic acids is 2. The number of ether oxygens (including phenoxy) is 1. The van der Waals surface area contributed by atoms with Crippen LogP contribution >= 0.6 is 0 Å². The summed E-state index contributed by atoms with van der Waals surface area (Å²) >= 11 is 0. The largest absolute Gasteiger partial charge is 0.481 e. The predicted octanol–water partition coefficient (Wildman–Crippen LogP) is 3.87. The topological polar surface area (TPSA) is 95.9 Å². The molecule has 6 rings (SSSR count). The highest BCUT2D eigenvalue weighted by molar-refractivity contribution is 5.88. The van der Waals surface area contributed by atoms with Crippen LogP contribution in [0.1, 0.15) is 43.7 Å². The Morgan fingerprint density at radius 2 is 1.68 bits per heavy atom. The zero-order valence-corrected chi connectivity index (χ0v) is 19.4. The van der Waals surface area contributed by atoms with E-state index in [9.17, 15) is 19.5 Å². The van der Waals surface area contributed by atoms with Gasteiger partial charge in [-0.2, -0.15) is 0 Å². The molecule has 0 aromatic heterocycles. The van der Waals surface area contributed by atoms with Crippen LogP contribution in [0.3, 0.4) is 0 Å². The van der Waals surface area contributed by atoms with Gasteiger partial charge in [0.05, 0.1) is 5.92 Å². The van der Waals surface area contributed by atoms with Crippen LogP contribution in [0.2, 0.25) is 0 Å². The fraction of sp³-hybridized carbons (Fsp3) is 0.444. The molecule has 2 saturated heterocycles. The number of amides is 2. The number of alkyl carbamates (subject to hydrolysis) is 1.